The third kappa shape index (κ3) is 14.1. The minimum atomic E-state index is 1.00. The van der Waals surface area contributed by atoms with E-state index in [1.54, 1.807) is 0 Å². The summed E-state index contributed by atoms with van der Waals surface area (Å²) in [4.78, 5) is 0. The number of rotatable bonds is 10. The van der Waals surface area contributed by atoms with Gasteiger partial charge in [-0.15, -0.1) is 0 Å². The van der Waals surface area contributed by atoms with E-state index in [-0.39, 0.29) is 0 Å². The molecule has 0 heterocycles. The standard InChI is InChI=1S/2C9H20/c2*1-4-7-8-9(5-2)6-3/h2*9H,4-8H2,1-3H3. The molecule has 0 spiro atoms. The molecule has 0 heteroatoms. The van der Waals surface area contributed by atoms with Gasteiger partial charge in [0, 0.05) is 0 Å². The minimum absolute atomic E-state index is 1.00. The summed E-state index contributed by atoms with van der Waals surface area (Å²) in [6, 6.07) is 0. The summed E-state index contributed by atoms with van der Waals surface area (Å²) in [7, 11) is 0. The molecule has 0 aromatic heterocycles. The lowest BCUT2D eigenvalue weighted by atomic mass is 9.97. The Morgan fingerprint density at radius 3 is 0.944 bits per heavy atom. The summed E-state index contributed by atoms with van der Waals surface area (Å²) in [5, 5.41) is 0. The molecule has 0 amide bonds. The van der Waals surface area contributed by atoms with Crippen LogP contribution in [-0.4, -0.2) is 0 Å². The monoisotopic (exact) mass is 256 g/mol. The summed E-state index contributed by atoms with van der Waals surface area (Å²) in [5.74, 6) is 2.01. The highest BCUT2D eigenvalue weighted by molar-refractivity contribution is 4.53. The van der Waals surface area contributed by atoms with Crippen molar-refractivity contribution in [2.24, 2.45) is 11.8 Å². The zero-order chi connectivity index (χ0) is 14.2. The van der Waals surface area contributed by atoms with Crippen molar-refractivity contribution in [2.75, 3.05) is 0 Å². The highest BCUT2D eigenvalue weighted by Gasteiger charge is 2.00. The molecular formula is C18H40. The summed E-state index contributed by atoms with van der Waals surface area (Å²) in [6.45, 7) is 13.7. The zero-order valence-corrected chi connectivity index (χ0v) is 14.2. The Balaban J connectivity index is 0. The zero-order valence-electron chi connectivity index (χ0n) is 14.2. The predicted molar refractivity (Wildman–Crippen MR) is 87.2 cm³/mol. The fourth-order valence-corrected chi connectivity index (χ4v) is 2.38. The third-order valence-electron chi connectivity index (χ3n) is 4.24. The smallest absolute Gasteiger partial charge is 0.0420 e. The van der Waals surface area contributed by atoms with Crippen LogP contribution in [0.2, 0.25) is 0 Å². The van der Waals surface area contributed by atoms with E-state index < -0.39 is 0 Å². The molecule has 0 saturated heterocycles. The largest absolute Gasteiger partial charge is 0.0654 e. The maximum absolute atomic E-state index is 2.30. The number of unbranched alkanes of at least 4 members (excludes halogenated alkanes) is 2. The molecule has 0 aliphatic rings. The quantitative estimate of drug-likeness (QED) is 0.387. The van der Waals surface area contributed by atoms with Gasteiger partial charge in [-0.3, -0.25) is 0 Å². The highest BCUT2D eigenvalue weighted by Crippen LogP contribution is 2.15. The Labute approximate surface area is 118 Å². The summed E-state index contributed by atoms with van der Waals surface area (Å²) in [6.07, 6.45) is 13.9. The van der Waals surface area contributed by atoms with Crippen molar-refractivity contribution in [3.63, 3.8) is 0 Å². The molecule has 0 unspecified atom stereocenters. The molecule has 0 N–H and O–H groups in total. The molecule has 0 saturated carbocycles. The van der Waals surface area contributed by atoms with Gasteiger partial charge in [-0.2, -0.15) is 0 Å². The number of hydrogen-bond acceptors (Lipinski definition) is 0. The molecule has 0 fully saturated rings. The highest BCUT2D eigenvalue weighted by atomic mass is 14.1. The van der Waals surface area contributed by atoms with Crippen LogP contribution in [0.15, 0.2) is 0 Å². The molecule has 0 rings (SSSR count). The molecule has 0 bridgehead atoms. The van der Waals surface area contributed by atoms with Gasteiger partial charge in [0.1, 0.15) is 0 Å². The first-order valence-electron chi connectivity index (χ1n) is 8.69. The second-order valence-corrected chi connectivity index (χ2v) is 5.65. The predicted octanol–water partition coefficient (Wildman–Crippen LogP) is 7.23. The minimum Gasteiger partial charge on any atom is -0.0654 e. The van der Waals surface area contributed by atoms with Crippen molar-refractivity contribution in [1.82, 2.24) is 0 Å². The molecule has 0 nitrogen and oxygen atoms in total. The second kappa shape index (κ2) is 17.0. The van der Waals surface area contributed by atoms with Gasteiger partial charge in [0.05, 0.1) is 0 Å². The maximum atomic E-state index is 2.30. The van der Waals surface area contributed by atoms with Gasteiger partial charge in [0.25, 0.3) is 0 Å². The first-order chi connectivity index (χ1) is 8.69. The van der Waals surface area contributed by atoms with E-state index in [1.807, 2.05) is 0 Å². The molecule has 0 aliphatic carbocycles. The van der Waals surface area contributed by atoms with Crippen LogP contribution in [0.1, 0.15) is 106 Å². The summed E-state index contributed by atoms with van der Waals surface area (Å²) in [5.41, 5.74) is 0. The lowest BCUT2D eigenvalue weighted by Crippen LogP contribution is -1.95. The van der Waals surface area contributed by atoms with Gasteiger partial charge in [0.15, 0.2) is 0 Å². The molecule has 112 valence electrons. The van der Waals surface area contributed by atoms with Gasteiger partial charge in [-0.05, 0) is 11.8 Å². The maximum Gasteiger partial charge on any atom is -0.0420 e. The lowest BCUT2D eigenvalue weighted by molar-refractivity contribution is 0.438. The molecule has 0 aliphatic heterocycles. The molecule has 0 aromatic carbocycles. The van der Waals surface area contributed by atoms with Crippen molar-refractivity contribution in [3.8, 4) is 0 Å². The molecule has 0 atom stereocenters. The fourth-order valence-electron chi connectivity index (χ4n) is 2.38. The van der Waals surface area contributed by atoms with Crippen molar-refractivity contribution < 1.29 is 0 Å². The van der Waals surface area contributed by atoms with Crippen molar-refractivity contribution in [3.05, 3.63) is 0 Å². The van der Waals surface area contributed by atoms with Crippen LogP contribution in [0.5, 0.6) is 0 Å². The first-order valence-corrected chi connectivity index (χ1v) is 8.69. The van der Waals surface area contributed by atoms with Crippen LogP contribution < -0.4 is 0 Å². The Kier molecular flexibility index (Phi) is 19.2. The van der Waals surface area contributed by atoms with E-state index in [9.17, 15) is 0 Å². The summed E-state index contributed by atoms with van der Waals surface area (Å²) < 4.78 is 0. The fraction of sp³-hybridized carbons (Fsp3) is 1.00. The molecule has 0 radical (unpaired) electrons. The van der Waals surface area contributed by atoms with Gasteiger partial charge < -0.3 is 0 Å². The SMILES string of the molecule is CCCCC(CC)CC.CCCCC(CC)CC. The van der Waals surface area contributed by atoms with E-state index >= 15 is 0 Å². The van der Waals surface area contributed by atoms with Crippen LogP contribution in [0, 0.1) is 11.8 Å². The van der Waals surface area contributed by atoms with Gasteiger partial charge in [-0.1, -0.05) is 106 Å². The average molecular weight is 257 g/mol. The summed E-state index contributed by atoms with van der Waals surface area (Å²) >= 11 is 0. The van der Waals surface area contributed by atoms with Crippen molar-refractivity contribution in [2.45, 2.75) is 106 Å². The topological polar surface area (TPSA) is 0 Å². The van der Waals surface area contributed by atoms with Gasteiger partial charge >= 0.3 is 0 Å². The number of hydrogen-bond donors (Lipinski definition) is 0. The molecular weight excluding hydrogens is 216 g/mol. The molecule has 0 aromatic rings. The van der Waals surface area contributed by atoms with Crippen LogP contribution in [0.3, 0.4) is 0 Å². The van der Waals surface area contributed by atoms with Gasteiger partial charge in [-0.25, -0.2) is 0 Å². The normalized spacial score (nSPS) is 10.7. The third-order valence-corrected chi connectivity index (χ3v) is 4.24. The van der Waals surface area contributed by atoms with Crippen LogP contribution in [0.25, 0.3) is 0 Å². The first kappa shape index (κ1) is 20.3. The second-order valence-electron chi connectivity index (χ2n) is 5.65. The molecule has 18 heavy (non-hydrogen) atoms. The van der Waals surface area contributed by atoms with E-state index in [0.717, 1.165) is 11.8 Å². The van der Waals surface area contributed by atoms with Crippen LogP contribution in [-0.2, 0) is 0 Å². The van der Waals surface area contributed by atoms with E-state index in [4.69, 9.17) is 0 Å². The average Bonchev–Trinajstić information content (AvgIpc) is 2.42. The van der Waals surface area contributed by atoms with Crippen LogP contribution in [0.4, 0.5) is 0 Å². The van der Waals surface area contributed by atoms with Crippen molar-refractivity contribution >= 4 is 0 Å². The van der Waals surface area contributed by atoms with E-state index in [0.29, 0.717) is 0 Å². The Morgan fingerprint density at radius 2 is 0.778 bits per heavy atom. The Hall–Kier alpha value is 0. The van der Waals surface area contributed by atoms with Crippen LogP contribution >= 0.6 is 0 Å². The van der Waals surface area contributed by atoms with E-state index in [1.165, 1.54) is 64.2 Å². The van der Waals surface area contributed by atoms with E-state index in [2.05, 4.69) is 41.5 Å². The lowest BCUT2D eigenvalue weighted by Gasteiger charge is -2.09. The Morgan fingerprint density at radius 1 is 0.500 bits per heavy atom. The Bertz CT molecular complexity index is 104. The van der Waals surface area contributed by atoms with Crippen molar-refractivity contribution in [1.29, 1.82) is 0 Å². The van der Waals surface area contributed by atoms with Gasteiger partial charge in [0.2, 0.25) is 0 Å².